The van der Waals surface area contributed by atoms with Crippen molar-refractivity contribution in [3.8, 4) is 0 Å². The second-order valence-electron chi connectivity index (χ2n) is 5.73. The Hall–Kier alpha value is -2.60. The number of aryl methyl sites for hydroxylation is 1. The molecule has 6 heteroatoms. The molecule has 0 aromatic heterocycles. The largest absolute Gasteiger partial charge is 0.481 e. The molecule has 25 heavy (non-hydrogen) atoms. The Bertz CT molecular complexity index is 869. The molecule has 0 bridgehead atoms. The molecule has 2 aromatic carbocycles. The minimum Gasteiger partial charge on any atom is -0.481 e. The average molecular weight is 358 g/mol. The number of hydrogen-bond donors (Lipinski definition) is 0. The summed E-state index contributed by atoms with van der Waals surface area (Å²) in [5.74, 6) is 0.240. The molecule has 0 saturated carbocycles. The predicted octanol–water partition coefficient (Wildman–Crippen LogP) is 3.22. The van der Waals surface area contributed by atoms with Crippen molar-refractivity contribution in [2.75, 3.05) is 21.2 Å². The fourth-order valence-corrected chi connectivity index (χ4v) is 3.41. The van der Waals surface area contributed by atoms with E-state index in [9.17, 15) is 8.42 Å². The lowest BCUT2D eigenvalue weighted by molar-refractivity contribution is 0.404. The molecule has 0 amide bonds. The molecule has 0 fully saturated rings. The summed E-state index contributed by atoms with van der Waals surface area (Å²) in [7, 11) is 1.19. The van der Waals surface area contributed by atoms with E-state index in [1.54, 1.807) is 43.3 Å². The first kappa shape index (κ1) is 18.7. The van der Waals surface area contributed by atoms with Crippen LogP contribution in [-0.4, -0.2) is 40.4 Å². The van der Waals surface area contributed by atoms with Crippen LogP contribution < -0.4 is 0 Å². The van der Waals surface area contributed by atoms with Gasteiger partial charge in [-0.2, -0.15) is 4.99 Å². The Morgan fingerprint density at radius 1 is 1.04 bits per heavy atom. The Morgan fingerprint density at radius 3 is 2.16 bits per heavy atom. The third-order valence-corrected chi connectivity index (χ3v) is 5.04. The van der Waals surface area contributed by atoms with Gasteiger partial charge in [0, 0.05) is 25.9 Å². The second kappa shape index (κ2) is 7.98. The molecule has 0 heterocycles. The van der Waals surface area contributed by atoms with Crippen LogP contribution in [-0.2, 0) is 14.6 Å². The van der Waals surface area contributed by atoms with Crippen LogP contribution in [0.5, 0.6) is 0 Å². The number of hydrogen-bond acceptors (Lipinski definition) is 5. The molecular weight excluding hydrogens is 336 g/mol. The topological polar surface area (TPSA) is 59.0 Å². The third kappa shape index (κ3) is 4.70. The molecule has 0 radical (unpaired) electrons. The zero-order valence-electron chi connectivity index (χ0n) is 14.8. The number of ether oxygens (including phenoxy) is 1. The van der Waals surface area contributed by atoms with Gasteiger partial charge in [-0.1, -0.05) is 35.9 Å². The number of methoxy groups -OCH3 is 1. The molecule has 0 atom stereocenters. The van der Waals surface area contributed by atoms with Crippen molar-refractivity contribution in [2.45, 2.75) is 11.8 Å². The van der Waals surface area contributed by atoms with Crippen LogP contribution in [0, 0.1) is 6.92 Å². The highest BCUT2D eigenvalue weighted by atomic mass is 32.2. The summed E-state index contributed by atoms with van der Waals surface area (Å²) < 4.78 is 31.3. The highest BCUT2D eigenvalue weighted by Crippen LogP contribution is 2.22. The van der Waals surface area contributed by atoms with Gasteiger partial charge in [-0.25, -0.2) is 8.42 Å². The zero-order valence-corrected chi connectivity index (χ0v) is 15.6. The first-order valence-electron chi connectivity index (χ1n) is 7.72. The summed E-state index contributed by atoms with van der Waals surface area (Å²) in [6, 6.07) is 15.9. The van der Waals surface area contributed by atoms with Crippen molar-refractivity contribution < 1.29 is 13.2 Å². The van der Waals surface area contributed by atoms with E-state index in [-0.39, 0.29) is 15.8 Å². The molecule has 2 aromatic rings. The van der Waals surface area contributed by atoms with Crippen LogP contribution >= 0.6 is 0 Å². The van der Waals surface area contributed by atoms with E-state index in [1.807, 2.05) is 37.3 Å². The Kier molecular flexibility index (Phi) is 5.98. The van der Waals surface area contributed by atoms with Crippen molar-refractivity contribution in [1.82, 2.24) is 4.90 Å². The highest BCUT2D eigenvalue weighted by Gasteiger charge is 2.22. The summed E-state index contributed by atoms with van der Waals surface area (Å²) in [5.41, 5.74) is 1.69. The minimum atomic E-state index is -3.77. The van der Waals surface area contributed by atoms with Gasteiger partial charge in [0.05, 0.1) is 12.0 Å². The van der Waals surface area contributed by atoms with Crippen molar-refractivity contribution in [3.63, 3.8) is 0 Å². The molecule has 0 saturated heterocycles. The van der Waals surface area contributed by atoms with Crippen molar-refractivity contribution in [1.29, 1.82) is 0 Å². The van der Waals surface area contributed by atoms with Crippen molar-refractivity contribution in [3.05, 3.63) is 77.0 Å². The summed E-state index contributed by atoms with van der Waals surface area (Å²) in [6.45, 7) is 1.91. The highest BCUT2D eigenvalue weighted by molar-refractivity contribution is 7.95. The van der Waals surface area contributed by atoms with Gasteiger partial charge in [-0.15, -0.1) is 0 Å². The molecule has 0 unspecified atom stereocenters. The SMILES string of the molecule is COC(=N/C(=C/N(C)C)S(=O)(=O)c1ccc(C)cc1)c1ccccc1. The Morgan fingerprint density at radius 2 is 1.64 bits per heavy atom. The van der Waals surface area contributed by atoms with Crippen LogP contribution in [0.4, 0.5) is 0 Å². The van der Waals surface area contributed by atoms with E-state index >= 15 is 0 Å². The van der Waals surface area contributed by atoms with Crippen LogP contribution in [0.2, 0.25) is 0 Å². The summed E-state index contributed by atoms with van der Waals surface area (Å²) in [4.78, 5) is 6.14. The van der Waals surface area contributed by atoms with Gasteiger partial charge in [-0.3, -0.25) is 0 Å². The van der Waals surface area contributed by atoms with Crippen molar-refractivity contribution in [2.24, 2.45) is 4.99 Å². The van der Waals surface area contributed by atoms with Crippen LogP contribution in [0.15, 0.2) is 75.7 Å². The molecule has 2 rings (SSSR count). The quantitative estimate of drug-likeness (QED) is 0.608. The summed E-state index contributed by atoms with van der Waals surface area (Å²) in [6.07, 6.45) is 1.47. The van der Waals surface area contributed by atoms with Gasteiger partial charge in [-0.05, 0) is 31.2 Å². The Balaban J connectivity index is 2.56. The smallest absolute Gasteiger partial charge is 0.225 e. The molecule has 0 aliphatic rings. The third-order valence-electron chi connectivity index (χ3n) is 3.40. The van der Waals surface area contributed by atoms with Crippen LogP contribution in [0.3, 0.4) is 0 Å². The van der Waals surface area contributed by atoms with Gasteiger partial charge >= 0.3 is 0 Å². The van der Waals surface area contributed by atoms with Crippen LogP contribution in [0.1, 0.15) is 11.1 Å². The molecule has 5 nitrogen and oxygen atoms in total. The summed E-state index contributed by atoms with van der Waals surface area (Å²) >= 11 is 0. The van der Waals surface area contributed by atoms with E-state index in [1.165, 1.54) is 13.3 Å². The standard InChI is InChI=1S/C19H22N2O3S/c1-15-10-12-17(13-11-15)25(22,23)18(14-21(2)3)20-19(24-4)16-8-6-5-7-9-16/h5-14H,1-4H3/b18-14-,20-19?. The molecule has 0 aliphatic carbocycles. The van der Waals surface area contributed by atoms with Gasteiger partial charge in [0.1, 0.15) is 0 Å². The fraction of sp³-hybridized carbons (Fsp3) is 0.211. The van der Waals surface area contributed by atoms with Crippen LogP contribution in [0.25, 0.3) is 0 Å². The predicted molar refractivity (Wildman–Crippen MR) is 100 cm³/mol. The van der Waals surface area contributed by atoms with Gasteiger partial charge in [0.2, 0.25) is 15.7 Å². The fourth-order valence-electron chi connectivity index (χ4n) is 2.13. The number of aliphatic imine (C=N–C) groups is 1. The number of sulfone groups is 1. The van der Waals surface area contributed by atoms with E-state index in [2.05, 4.69) is 4.99 Å². The van der Waals surface area contributed by atoms with Crippen molar-refractivity contribution >= 4 is 15.7 Å². The molecule has 0 spiro atoms. The maximum atomic E-state index is 13.0. The van der Waals surface area contributed by atoms with E-state index in [0.717, 1.165) is 5.56 Å². The minimum absolute atomic E-state index is 0.0814. The van der Waals surface area contributed by atoms with E-state index in [4.69, 9.17) is 4.74 Å². The lowest BCUT2D eigenvalue weighted by Gasteiger charge is -2.12. The lowest BCUT2D eigenvalue weighted by atomic mass is 10.2. The van der Waals surface area contributed by atoms with E-state index < -0.39 is 9.84 Å². The average Bonchev–Trinajstić information content (AvgIpc) is 2.59. The molecule has 0 N–H and O–H groups in total. The monoisotopic (exact) mass is 358 g/mol. The summed E-state index contributed by atoms with van der Waals surface area (Å²) in [5, 5.41) is -0.0814. The normalized spacial score (nSPS) is 12.8. The number of benzene rings is 2. The second-order valence-corrected chi connectivity index (χ2v) is 7.63. The zero-order chi connectivity index (χ0) is 18.4. The van der Waals surface area contributed by atoms with Gasteiger partial charge in [0.25, 0.3) is 0 Å². The van der Waals surface area contributed by atoms with E-state index in [0.29, 0.717) is 5.56 Å². The molecule has 0 aliphatic heterocycles. The van der Waals surface area contributed by atoms with Gasteiger partial charge in [0.15, 0.2) is 5.03 Å². The lowest BCUT2D eigenvalue weighted by Crippen LogP contribution is -2.13. The maximum absolute atomic E-state index is 13.0. The number of rotatable bonds is 5. The molecular formula is C19H22N2O3S. The first-order valence-corrected chi connectivity index (χ1v) is 9.21. The maximum Gasteiger partial charge on any atom is 0.225 e. The number of nitrogens with zero attached hydrogens (tertiary/aromatic N) is 2. The first-order chi connectivity index (χ1) is 11.8. The molecule has 132 valence electrons. The van der Waals surface area contributed by atoms with Gasteiger partial charge < -0.3 is 9.64 Å². The Labute approximate surface area is 149 Å².